The molecule has 34 heavy (non-hydrogen) atoms. The van der Waals surface area contributed by atoms with Crippen LogP contribution in [-0.2, 0) is 23.2 Å². The molecule has 0 fully saturated rings. The average Bonchev–Trinajstić information content (AvgIpc) is 3.37. The molecule has 0 spiro atoms. The molecule has 0 radical (unpaired) electrons. The molecule has 0 aliphatic rings. The third kappa shape index (κ3) is 5.89. The minimum absolute atomic E-state index is 0.00213. The van der Waals surface area contributed by atoms with Crippen LogP contribution in [-0.4, -0.2) is 14.3 Å². The number of carbonyl (C=O) groups excluding carboxylic acids is 1. The van der Waals surface area contributed by atoms with Crippen molar-refractivity contribution >= 4 is 21.6 Å². The molecule has 0 saturated carbocycles. The van der Waals surface area contributed by atoms with E-state index in [1.165, 1.54) is 36.6 Å². The molecule has 1 heterocycles. The average molecular weight is 481 g/mol. The Kier molecular flexibility index (Phi) is 7.05. The van der Waals surface area contributed by atoms with E-state index in [0.717, 1.165) is 5.56 Å². The van der Waals surface area contributed by atoms with Gasteiger partial charge in [-0.25, -0.2) is 17.5 Å². The Bertz CT molecular complexity index is 1370. The van der Waals surface area contributed by atoms with Crippen LogP contribution in [0.4, 0.5) is 10.1 Å². The highest BCUT2D eigenvalue weighted by Crippen LogP contribution is 2.22. The van der Waals surface area contributed by atoms with Crippen LogP contribution in [0, 0.1) is 5.82 Å². The number of hydrogen-bond acceptors (Lipinski definition) is 5. The maximum absolute atomic E-state index is 13.1. The first-order valence-corrected chi connectivity index (χ1v) is 11.8. The summed E-state index contributed by atoms with van der Waals surface area (Å²) in [4.78, 5) is 12.9. The van der Waals surface area contributed by atoms with Crippen molar-refractivity contribution in [3.05, 3.63) is 114 Å². The summed E-state index contributed by atoms with van der Waals surface area (Å²) in [6, 6.07) is 21.8. The summed E-state index contributed by atoms with van der Waals surface area (Å²) in [6.45, 7) is 0.157. The normalized spacial score (nSPS) is 11.2. The number of nitrogens with one attached hydrogen (secondary N) is 2. The molecular formula is C25H21FN2O5S. The number of rotatable bonds is 9. The Hall–Kier alpha value is -3.95. The van der Waals surface area contributed by atoms with Crippen LogP contribution in [0.2, 0.25) is 0 Å². The highest BCUT2D eigenvalue weighted by molar-refractivity contribution is 7.89. The summed E-state index contributed by atoms with van der Waals surface area (Å²) in [6.07, 6.45) is 1.46. The molecule has 9 heteroatoms. The van der Waals surface area contributed by atoms with Crippen LogP contribution in [0.1, 0.15) is 21.7 Å². The van der Waals surface area contributed by atoms with Gasteiger partial charge in [-0.1, -0.05) is 30.3 Å². The zero-order valence-electron chi connectivity index (χ0n) is 17.9. The van der Waals surface area contributed by atoms with Crippen LogP contribution >= 0.6 is 0 Å². The van der Waals surface area contributed by atoms with E-state index in [0.29, 0.717) is 17.2 Å². The lowest BCUT2D eigenvalue weighted by Crippen LogP contribution is -2.23. The second-order valence-corrected chi connectivity index (χ2v) is 9.06. The summed E-state index contributed by atoms with van der Waals surface area (Å²) in [5.41, 5.74) is 1.32. The molecular weight excluding hydrogens is 459 g/mol. The second kappa shape index (κ2) is 10.3. The first kappa shape index (κ1) is 23.2. The van der Waals surface area contributed by atoms with Crippen molar-refractivity contribution in [3.63, 3.8) is 0 Å². The topological polar surface area (TPSA) is 97.6 Å². The van der Waals surface area contributed by atoms with E-state index < -0.39 is 15.9 Å². The minimum Gasteiger partial charge on any atom is -0.488 e. The highest BCUT2D eigenvalue weighted by Gasteiger charge is 2.17. The van der Waals surface area contributed by atoms with E-state index in [-0.39, 0.29) is 29.4 Å². The van der Waals surface area contributed by atoms with Gasteiger partial charge in [-0.2, -0.15) is 0 Å². The molecule has 174 valence electrons. The maximum atomic E-state index is 13.1. The van der Waals surface area contributed by atoms with Crippen molar-refractivity contribution in [2.24, 2.45) is 0 Å². The van der Waals surface area contributed by atoms with Crippen molar-refractivity contribution < 1.29 is 26.8 Å². The van der Waals surface area contributed by atoms with Crippen LogP contribution in [0.3, 0.4) is 0 Å². The Balaban J connectivity index is 1.45. The van der Waals surface area contributed by atoms with E-state index in [4.69, 9.17) is 9.15 Å². The first-order valence-electron chi connectivity index (χ1n) is 10.3. The molecule has 1 aromatic heterocycles. The van der Waals surface area contributed by atoms with Gasteiger partial charge in [-0.05, 0) is 60.2 Å². The minimum atomic E-state index is -3.82. The van der Waals surface area contributed by atoms with E-state index in [2.05, 4.69) is 10.0 Å². The lowest BCUT2D eigenvalue weighted by atomic mass is 10.1. The lowest BCUT2D eigenvalue weighted by molar-refractivity contribution is 0.102. The second-order valence-electron chi connectivity index (χ2n) is 7.30. The smallest absolute Gasteiger partial charge is 0.259 e. The van der Waals surface area contributed by atoms with Crippen molar-refractivity contribution in [1.82, 2.24) is 4.72 Å². The predicted molar refractivity (Wildman–Crippen MR) is 124 cm³/mol. The van der Waals surface area contributed by atoms with E-state index in [1.54, 1.807) is 54.6 Å². The molecule has 1 amide bonds. The Morgan fingerprint density at radius 2 is 1.74 bits per heavy atom. The van der Waals surface area contributed by atoms with Crippen LogP contribution in [0.25, 0.3) is 0 Å². The lowest BCUT2D eigenvalue weighted by Gasteiger charge is -2.13. The Labute approximate surface area is 196 Å². The van der Waals surface area contributed by atoms with Gasteiger partial charge in [0.05, 0.1) is 23.3 Å². The standard InChI is InChI=1S/C25H21FN2O5S/c26-19-12-10-18(11-13-19)17-33-24-9-2-1-8-23(24)25(29)28-20-5-3-7-22(15-20)34(30,31)27-16-21-6-4-14-32-21/h1-15,27H,16-17H2,(H,28,29). The van der Waals surface area contributed by atoms with Crippen LogP contribution < -0.4 is 14.8 Å². The summed E-state index contributed by atoms with van der Waals surface area (Å²) in [5, 5.41) is 2.71. The molecule has 0 aliphatic carbocycles. The van der Waals surface area contributed by atoms with Gasteiger partial charge in [-0.15, -0.1) is 0 Å². The third-order valence-electron chi connectivity index (χ3n) is 4.86. The fourth-order valence-electron chi connectivity index (χ4n) is 3.12. The van der Waals surface area contributed by atoms with Gasteiger partial charge < -0.3 is 14.5 Å². The van der Waals surface area contributed by atoms with E-state index in [9.17, 15) is 17.6 Å². The van der Waals surface area contributed by atoms with Crippen LogP contribution in [0.15, 0.2) is 101 Å². The number of ether oxygens (including phenoxy) is 1. The van der Waals surface area contributed by atoms with Crippen molar-refractivity contribution in [3.8, 4) is 5.75 Å². The number of furan rings is 1. The number of amides is 1. The molecule has 7 nitrogen and oxygen atoms in total. The summed E-state index contributed by atoms with van der Waals surface area (Å²) >= 11 is 0. The van der Waals surface area contributed by atoms with Gasteiger partial charge in [-0.3, -0.25) is 4.79 Å². The monoisotopic (exact) mass is 480 g/mol. The quantitative estimate of drug-likeness (QED) is 0.361. The van der Waals surface area contributed by atoms with E-state index in [1.807, 2.05) is 0 Å². The predicted octanol–water partition coefficient (Wildman–Crippen LogP) is 4.73. The maximum Gasteiger partial charge on any atom is 0.259 e. The zero-order valence-corrected chi connectivity index (χ0v) is 18.7. The van der Waals surface area contributed by atoms with E-state index >= 15 is 0 Å². The largest absolute Gasteiger partial charge is 0.488 e. The summed E-state index contributed by atoms with van der Waals surface area (Å²) in [7, 11) is -3.82. The van der Waals surface area contributed by atoms with Gasteiger partial charge in [0.15, 0.2) is 0 Å². The van der Waals surface area contributed by atoms with Gasteiger partial charge in [0.1, 0.15) is 23.9 Å². The number of benzene rings is 3. The number of anilines is 1. The zero-order chi connectivity index (χ0) is 24.0. The summed E-state index contributed by atoms with van der Waals surface area (Å²) in [5.74, 6) is 0.00947. The number of hydrogen-bond donors (Lipinski definition) is 2. The molecule has 4 rings (SSSR count). The van der Waals surface area contributed by atoms with Crippen molar-refractivity contribution in [1.29, 1.82) is 0 Å². The number of sulfonamides is 1. The molecule has 0 saturated heterocycles. The van der Waals surface area contributed by atoms with Crippen LogP contribution in [0.5, 0.6) is 5.75 Å². The molecule has 2 N–H and O–H groups in total. The first-order chi connectivity index (χ1) is 16.4. The molecule has 0 atom stereocenters. The number of halogens is 1. The fraction of sp³-hybridized carbons (Fsp3) is 0.0800. The Morgan fingerprint density at radius 3 is 2.50 bits per heavy atom. The summed E-state index contributed by atoms with van der Waals surface area (Å²) < 4.78 is 51.7. The number of carbonyl (C=O) groups is 1. The van der Waals surface area contributed by atoms with Crippen molar-refractivity contribution in [2.75, 3.05) is 5.32 Å². The molecule has 3 aromatic carbocycles. The SMILES string of the molecule is O=C(Nc1cccc(S(=O)(=O)NCc2ccco2)c1)c1ccccc1OCc1ccc(F)cc1. The molecule has 0 unspecified atom stereocenters. The fourth-order valence-corrected chi connectivity index (χ4v) is 4.16. The molecule has 4 aromatic rings. The van der Waals surface area contributed by atoms with Crippen molar-refractivity contribution in [2.45, 2.75) is 18.0 Å². The van der Waals surface area contributed by atoms with Gasteiger partial charge >= 0.3 is 0 Å². The third-order valence-corrected chi connectivity index (χ3v) is 6.26. The molecule has 0 aliphatic heterocycles. The molecule has 0 bridgehead atoms. The van der Waals surface area contributed by atoms with Gasteiger partial charge in [0.25, 0.3) is 5.91 Å². The number of para-hydroxylation sites is 1. The highest BCUT2D eigenvalue weighted by atomic mass is 32.2. The Morgan fingerprint density at radius 1 is 0.941 bits per heavy atom. The van der Waals surface area contributed by atoms with Gasteiger partial charge in [0.2, 0.25) is 10.0 Å². The van der Waals surface area contributed by atoms with Gasteiger partial charge in [0, 0.05) is 5.69 Å².